The van der Waals surface area contributed by atoms with Crippen molar-refractivity contribution in [3.63, 3.8) is 0 Å². The van der Waals surface area contributed by atoms with E-state index in [0.717, 1.165) is 0 Å². The number of hydrogen-bond donors (Lipinski definition) is 1. The van der Waals surface area contributed by atoms with Crippen LogP contribution in [-0.2, 0) is 4.79 Å². The van der Waals surface area contributed by atoms with Crippen molar-refractivity contribution < 1.29 is 14.6 Å². The van der Waals surface area contributed by atoms with E-state index in [-0.39, 0.29) is 11.7 Å². The highest BCUT2D eigenvalue weighted by Crippen LogP contribution is 2.38. The molecular weight excluding hydrogens is 440 g/mol. The van der Waals surface area contributed by atoms with Gasteiger partial charge in [0.25, 0.3) is 5.91 Å². The first-order valence-electron chi connectivity index (χ1n) is 7.47. The topological polar surface area (TPSA) is 62.1 Å². The third-order valence-corrected chi connectivity index (χ3v) is 5.56. The molecule has 1 aliphatic heterocycles. The molecule has 1 amide bonds. The second kappa shape index (κ2) is 7.73. The molecule has 8 heteroatoms. The number of carbonyl (C=O) groups is 1. The maximum atomic E-state index is 12.5. The van der Waals surface area contributed by atoms with Crippen molar-refractivity contribution in [3.8, 4) is 11.5 Å². The number of benzene rings is 2. The standard InChI is InChI=1S/C18H14BrClN2O3S/c1-22-17(24)15(8-10-7-13(25-2)9-14(19)16(10)23)26-18(22)21-12-5-3-11(20)4-6-12/h3-9,23H,1-2H3/b15-8+,21-18?. The summed E-state index contributed by atoms with van der Waals surface area (Å²) in [6.07, 6.45) is 1.62. The van der Waals surface area contributed by atoms with Crippen molar-refractivity contribution in [3.05, 3.63) is 56.4 Å². The van der Waals surface area contributed by atoms with Crippen LogP contribution in [0.4, 0.5) is 5.69 Å². The van der Waals surface area contributed by atoms with Crippen molar-refractivity contribution in [2.75, 3.05) is 14.2 Å². The lowest BCUT2D eigenvalue weighted by atomic mass is 10.1. The van der Waals surface area contributed by atoms with Gasteiger partial charge in [0, 0.05) is 17.6 Å². The maximum absolute atomic E-state index is 12.5. The predicted octanol–water partition coefficient (Wildman–Crippen LogP) is 5.05. The molecule has 1 saturated heterocycles. The quantitative estimate of drug-likeness (QED) is 0.661. The zero-order valence-electron chi connectivity index (χ0n) is 13.9. The van der Waals surface area contributed by atoms with E-state index in [1.54, 1.807) is 49.5 Å². The molecule has 0 bridgehead atoms. The Morgan fingerprint density at radius 3 is 2.65 bits per heavy atom. The summed E-state index contributed by atoms with van der Waals surface area (Å²) < 4.78 is 5.69. The number of halogens is 2. The smallest absolute Gasteiger partial charge is 0.266 e. The summed E-state index contributed by atoms with van der Waals surface area (Å²) in [7, 11) is 3.20. The fourth-order valence-electron chi connectivity index (χ4n) is 2.24. The Kier molecular flexibility index (Phi) is 5.60. The van der Waals surface area contributed by atoms with Gasteiger partial charge in [-0.15, -0.1) is 0 Å². The minimum atomic E-state index is -0.193. The number of amidine groups is 1. The first-order valence-corrected chi connectivity index (χ1v) is 9.46. The lowest BCUT2D eigenvalue weighted by Gasteiger charge is -2.07. The van der Waals surface area contributed by atoms with Crippen LogP contribution in [0, 0.1) is 0 Å². The Morgan fingerprint density at radius 2 is 2.00 bits per heavy atom. The number of ether oxygens (including phenoxy) is 1. The van der Waals surface area contributed by atoms with E-state index in [4.69, 9.17) is 16.3 Å². The lowest BCUT2D eigenvalue weighted by Crippen LogP contribution is -2.23. The Morgan fingerprint density at radius 1 is 1.31 bits per heavy atom. The molecular formula is C18H14BrClN2O3S. The summed E-state index contributed by atoms with van der Waals surface area (Å²) >= 11 is 10.4. The van der Waals surface area contributed by atoms with E-state index in [1.807, 2.05) is 0 Å². The fourth-order valence-corrected chi connectivity index (χ4v) is 3.80. The van der Waals surface area contributed by atoms with Gasteiger partial charge in [0.15, 0.2) is 5.17 Å². The Balaban J connectivity index is 1.95. The van der Waals surface area contributed by atoms with E-state index in [1.165, 1.54) is 23.8 Å². The van der Waals surface area contributed by atoms with E-state index in [9.17, 15) is 9.90 Å². The minimum Gasteiger partial charge on any atom is -0.506 e. The van der Waals surface area contributed by atoms with Gasteiger partial charge in [0.2, 0.25) is 0 Å². The zero-order valence-corrected chi connectivity index (χ0v) is 17.0. The first kappa shape index (κ1) is 18.8. The molecule has 1 heterocycles. The SMILES string of the molecule is COc1cc(Br)c(O)c(/C=C2/SC(=Nc3ccc(Cl)cc3)N(C)C2=O)c1. The fraction of sp³-hybridized carbons (Fsp3) is 0.111. The second-order valence-corrected chi connectivity index (χ2v) is 7.69. The van der Waals surface area contributed by atoms with Gasteiger partial charge in [0.1, 0.15) is 11.5 Å². The number of hydrogen-bond acceptors (Lipinski definition) is 5. The molecule has 3 rings (SSSR count). The van der Waals surface area contributed by atoms with E-state index < -0.39 is 0 Å². The van der Waals surface area contributed by atoms with Crippen LogP contribution in [0.15, 0.2) is 50.8 Å². The summed E-state index contributed by atoms with van der Waals surface area (Å²) in [5.41, 5.74) is 1.18. The van der Waals surface area contributed by atoms with Crippen LogP contribution in [0.2, 0.25) is 5.02 Å². The first-order chi connectivity index (χ1) is 12.4. The number of phenolic OH excluding ortho intramolecular Hbond substituents is 1. The molecule has 5 nitrogen and oxygen atoms in total. The molecule has 0 unspecified atom stereocenters. The maximum Gasteiger partial charge on any atom is 0.266 e. The third kappa shape index (κ3) is 3.90. The predicted molar refractivity (Wildman–Crippen MR) is 109 cm³/mol. The number of rotatable bonds is 3. The van der Waals surface area contributed by atoms with Gasteiger partial charge in [-0.05, 0) is 70.2 Å². The molecule has 0 spiro atoms. The number of carbonyl (C=O) groups excluding carboxylic acids is 1. The number of aromatic hydroxyl groups is 1. The van der Waals surface area contributed by atoms with E-state index in [0.29, 0.717) is 36.6 Å². The van der Waals surface area contributed by atoms with Crippen molar-refractivity contribution in [1.29, 1.82) is 0 Å². The van der Waals surface area contributed by atoms with E-state index in [2.05, 4.69) is 20.9 Å². The number of nitrogens with zero attached hydrogens (tertiary/aromatic N) is 2. The molecule has 134 valence electrons. The molecule has 0 radical (unpaired) electrons. The molecule has 1 N–H and O–H groups in total. The molecule has 1 fully saturated rings. The van der Waals surface area contributed by atoms with Crippen LogP contribution in [0.3, 0.4) is 0 Å². The van der Waals surface area contributed by atoms with Gasteiger partial charge < -0.3 is 9.84 Å². The van der Waals surface area contributed by atoms with Crippen LogP contribution in [0.1, 0.15) is 5.56 Å². The van der Waals surface area contributed by atoms with Crippen LogP contribution >= 0.6 is 39.3 Å². The number of likely N-dealkylation sites (N-methyl/N-ethyl adjacent to an activating group) is 1. The van der Waals surface area contributed by atoms with Crippen molar-refractivity contribution >= 4 is 62.1 Å². The molecule has 2 aromatic rings. The molecule has 0 aliphatic carbocycles. The molecule has 0 aromatic heterocycles. The Hall–Kier alpha value is -1.96. The number of methoxy groups -OCH3 is 1. The van der Waals surface area contributed by atoms with Gasteiger partial charge in [-0.25, -0.2) is 4.99 Å². The highest BCUT2D eigenvalue weighted by molar-refractivity contribution is 9.10. The van der Waals surface area contributed by atoms with Gasteiger partial charge in [-0.3, -0.25) is 9.69 Å². The summed E-state index contributed by atoms with van der Waals surface area (Å²) in [5, 5.41) is 11.4. The number of aliphatic imine (C=N–C) groups is 1. The second-order valence-electron chi connectivity index (χ2n) is 5.39. The largest absolute Gasteiger partial charge is 0.506 e. The molecule has 26 heavy (non-hydrogen) atoms. The van der Waals surface area contributed by atoms with Crippen molar-refractivity contribution in [2.45, 2.75) is 0 Å². The minimum absolute atomic E-state index is 0.0393. The summed E-state index contributed by atoms with van der Waals surface area (Å²) in [5.74, 6) is 0.416. The van der Waals surface area contributed by atoms with Gasteiger partial charge in [0.05, 0.1) is 22.2 Å². The van der Waals surface area contributed by atoms with Gasteiger partial charge in [-0.2, -0.15) is 0 Å². The van der Waals surface area contributed by atoms with Crippen LogP contribution in [0.25, 0.3) is 6.08 Å². The molecule has 2 aromatic carbocycles. The van der Waals surface area contributed by atoms with Crippen LogP contribution < -0.4 is 4.74 Å². The molecule has 0 atom stereocenters. The molecule has 0 saturated carbocycles. The number of amides is 1. The van der Waals surface area contributed by atoms with Gasteiger partial charge in [-0.1, -0.05) is 11.6 Å². The Bertz CT molecular complexity index is 929. The third-order valence-electron chi connectivity index (χ3n) is 3.64. The summed E-state index contributed by atoms with van der Waals surface area (Å²) in [6, 6.07) is 10.4. The van der Waals surface area contributed by atoms with Gasteiger partial charge >= 0.3 is 0 Å². The van der Waals surface area contributed by atoms with Crippen LogP contribution in [-0.4, -0.2) is 35.2 Å². The number of thioether (sulfide) groups is 1. The summed E-state index contributed by atoms with van der Waals surface area (Å²) in [6.45, 7) is 0. The zero-order chi connectivity index (χ0) is 18.8. The highest BCUT2D eigenvalue weighted by Gasteiger charge is 2.30. The van der Waals surface area contributed by atoms with Crippen molar-refractivity contribution in [2.24, 2.45) is 4.99 Å². The monoisotopic (exact) mass is 452 g/mol. The average Bonchev–Trinajstić information content (AvgIpc) is 2.88. The van der Waals surface area contributed by atoms with Crippen LogP contribution in [0.5, 0.6) is 11.5 Å². The average molecular weight is 454 g/mol. The Labute approximate surface area is 168 Å². The highest BCUT2D eigenvalue weighted by atomic mass is 79.9. The number of phenols is 1. The normalized spacial score (nSPS) is 17.4. The lowest BCUT2D eigenvalue weighted by molar-refractivity contribution is -0.121. The summed E-state index contributed by atoms with van der Waals surface area (Å²) in [4.78, 5) is 18.9. The van der Waals surface area contributed by atoms with Crippen molar-refractivity contribution in [1.82, 2.24) is 4.90 Å². The van der Waals surface area contributed by atoms with E-state index >= 15 is 0 Å². The molecule has 1 aliphatic rings.